The van der Waals surface area contributed by atoms with Gasteiger partial charge in [-0.15, -0.1) is 0 Å². The van der Waals surface area contributed by atoms with Crippen LogP contribution in [-0.4, -0.2) is 13.1 Å². The van der Waals surface area contributed by atoms with Crippen molar-refractivity contribution in [1.82, 2.24) is 5.32 Å². The van der Waals surface area contributed by atoms with Gasteiger partial charge in [0.1, 0.15) is 0 Å². The van der Waals surface area contributed by atoms with E-state index in [1.165, 1.54) is 30.4 Å². The Bertz CT molecular complexity index is 328. The molecule has 0 aliphatic carbocycles. The maximum absolute atomic E-state index is 3.61. The van der Waals surface area contributed by atoms with E-state index in [1.54, 1.807) is 0 Å². The van der Waals surface area contributed by atoms with Crippen LogP contribution in [0.25, 0.3) is 0 Å². The van der Waals surface area contributed by atoms with Crippen molar-refractivity contribution < 1.29 is 0 Å². The van der Waals surface area contributed by atoms with E-state index in [1.807, 2.05) is 0 Å². The molecule has 0 saturated carbocycles. The van der Waals surface area contributed by atoms with Gasteiger partial charge in [-0.3, -0.25) is 0 Å². The summed E-state index contributed by atoms with van der Waals surface area (Å²) in [6, 6.07) is 8.87. The van der Waals surface area contributed by atoms with E-state index in [0.29, 0.717) is 5.92 Å². The van der Waals surface area contributed by atoms with Crippen LogP contribution in [0.4, 0.5) is 0 Å². The molecule has 0 aromatic heterocycles. The zero-order valence-electron chi connectivity index (χ0n) is 12.5. The van der Waals surface area contributed by atoms with Crippen LogP contribution >= 0.6 is 0 Å². The van der Waals surface area contributed by atoms with Gasteiger partial charge >= 0.3 is 0 Å². The third kappa shape index (κ3) is 4.13. The second-order valence-electron chi connectivity index (χ2n) is 5.24. The Labute approximate surface area is 113 Å². The Morgan fingerprint density at radius 2 is 1.72 bits per heavy atom. The summed E-state index contributed by atoms with van der Waals surface area (Å²) in [6.07, 6.45) is 3.75. The number of rotatable bonds is 8. The zero-order chi connectivity index (χ0) is 13.4. The SMILES string of the molecule is CCCNCC(c1ccccc1C)C(CC)CC. The molecule has 1 rings (SSSR count). The number of hydrogen-bond acceptors (Lipinski definition) is 1. The summed E-state index contributed by atoms with van der Waals surface area (Å²) >= 11 is 0. The van der Waals surface area contributed by atoms with Crippen LogP contribution < -0.4 is 5.32 Å². The third-order valence-corrected chi connectivity index (χ3v) is 4.00. The first-order valence-corrected chi connectivity index (χ1v) is 7.50. The number of benzene rings is 1. The van der Waals surface area contributed by atoms with E-state index in [4.69, 9.17) is 0 Å². The second-order valence-corrected chi connectivity index (χ2v) is 5.24. The minimum Gasteiger partial charge on any atom is -0.316 e. The van der Waals surface area contributed by atoms with Crippen molar-refractivity contribution in [3.05, 3.63) is 35.4 Å². The summed E-state index contributed by atoms with van der Waals surface area (Å²) in [4.78, 5) is 0. The summed E-state index contributed by atoms with van der Waals surface area (Å²) in [5.74, 6) is 1.45. The zero-order valence-corrected chi connectivity index (χ0v) is 12.5. The summed E-state index contributed by atoms with van der Waals surface area (Å²) in [7, 11) is 0. The molecule has 0 saturated heterocycles. The van der Waals surface area contributed by atoms with Gasteiger partial charge in [0.15, 0.2) is 0 Å². The summed E-state index contributed by atoms with van der Waals surface area (Å²) in [5, 5.41) is 3.61. The summed E-state index contributed by atoms with van der Waals surface area (Å²) in [6.45, 7) is 11.4. The van der Waals surface area contributed by atoms with E-state index in [0.717, 1.165) is 19.0 Å². The highest BCUT2D eigenvalue weighted by Crippen LogP contribution is 2.31. The molecule has 102 valence electrons. The molecule has 1 nitrogen and oxygen atoms in total. The molecule has 18 heavy (non-hydrogen) atoms. The van der Waals surface area contributed by atoms with Crippen molar-refractivity contribution >= 4 is 0 Å². The molecule has 0 aliphatic rings. The standard InChI is InChI=1S/C17H29N/c1-5-12-18-13-17(15(6-2)7-3)16-11-9-8-10-14(16)4/h8-11,15,17-18H,5-7,12-13H2,1-4H3. The molecule has 0 amide bonds. The Kier molecular flexibility index (Phi) is 7.04. The molecule has 1 unspecified atom stereocenters. The number of hydrogen-bond donors (Lipinski definition) is 1. The average Bonchev–Trinajstić information content (AvgIpc) is 2.39. The highest BCUT2D eigenvalue weighted by molar-refractivity contribution is 5.30. The maximum Gasteiger partial charge on any atom is 0.00229 e. The van der Waals surface area contributed by atoms with Crippen LogP contribution in [0.1, 0.15) is 57.1 Å². The van der Waals surface area contributed by atoms with Gasteiger partial charge in [0.2, 0.25) is 0 Å². The van der Waals surface area contributed by atoms with Crippen LogP contribution in [0.5, 0.6) is 0 Å². The van der Waals surface area contributed by atoms with Crippen LogP contribution in [0, 0.1) is 12.8 Å². The van der Waals surface area contributed by atoms with Crippen molar-refractivity contribution in [1.29, 1.82) is 0 Å². The fourth-order valence-electron chi connectivity index (χ4n) is 2.83. The average molecular weight is 247 g/mol. The molecule has 1 heteroatoms. The second kappa shape index (κ2) is 8.31. The van der Waals surface area contributed by atoms with Gasteiger partial charge in [-0.2, -0.15) is 0 Å². The molecule has 1 aromatic rings. The van der Waals surface area contributed by atoms with Gasteiger partial charge in [-0.1, -0.05) is 57.9 Å². The molecular formula is C17H29N. The minimum atomic E-state index is 0.660. The minimum absolute atomic E-state index is 0.660. The van der Waals surface area contributed by atoms with Crippen LogP contribution in [0.2, 0.25) is 0 Å². The van der Waals surface area contributed by atoms with Crippen molar-refractivity contribution in [3.8, 4) is 0 Å². The quantitative estimate of drug-likeness (QED) is 0.666. The smallest absolute Gasteiger partial charge is 0.00229 e. The highest BCUT2D eigenvalue weighted by atomic mass is 14.9. The van der Waals surface area contributed by atoms with E-state index < -0.39 is 0 Å². The van der Waals surface area contributed by atoms with E-state index in [-0.39, 0.29) is 0 Å². The monoisotopic (exact) mass is 247 g/mol. The lowest BCUT2D eigenvalue weighted by molar-refractivity contribution is 0.379. The van der Waals surface area contributed by atoms with Gasteiger partial charge in [-0.25, -0.2) is 0 Å². The molecule has 1 N–H and O–H groups in total. The lowest BCUT2D eigenvalue weighted by Crippen LogP contribution is -2.27. The van der Waals surface area contributed by atoms with Gasteiger partial charge in [-0.05, 0) is 42.9 Å². The summed E-state index contributed by atoms with van der Waals surface area (Å²) in [5.41, 5.74) is 2.97. The third-order valence-electron chi connectivity index (χ3n) is 4.00. The first kappa shape index (κ1) is 15.2. The Balaban J connectivity index is 2.85. The normalized spacial score (nSPS) is 12.9. The van der Waals surface area contributed by atoms with E-state index in [9.17, 15) is 0 Å². The molecule has 0 heterocycles. The fraction of sp³-hybridized carbons (Fsp3) is 0.647. The molecule has 0 bridgehead atoms. The Morgan fingerprint density at radius 3 is 2.28 bits per heavy atom. The molecule has 0 aliphatic heterocycles. The summed E-state index contributed by atoms with van der Waals surface area (Å²) < 4.78 is 0. The largest absolute Gasteiger partial charge is 0.316 e. The topological polar surface area (TPSA) is 12.0 Å². The first-order valence-electron chi connectivity index (χ1n) is 7.50. The Morgan fingerprint density at radius 1 is 1.06 bits per heavy atom. The fourth-order valence-corrected chi connectivity index (χ4v) is 2.83. The lowest BCUT2D eigenvalue weighted by Gasteiger charge is -2.27. The predicted molar refractivity (Wildman–Crippen MR) is 81.2 cm³/mol. The molecule has 0 radical (unpaired) electrons. The predicted octanol–water partition coefficient (Wildman–Crippen LogP) is 4.51. The van der Waals surface area contributed by atoms with Crippen molar-refractivity contribution in [2.75, 3.05) is 13.1 Å². The van der Waals surface area contributed by atoms with Gasteiger partial charge in [0.05, 0.1) is 0 Å². The Hall–Kier alpha value is -0.820. The molecule has 0 spiro atoms. The molecule has 1 atom stereocenters. The number of nitrogens with one attached hydrogen (secondary N) is 1. The van der Waals surface area contributed by atoms with E-state index in [2.05, 4.69) is 57.3 Å². The van der Waals surface area contributed by atoms with Crippen LogP contribution in [0.15, 0.2) is 24.3 Å². The van der Waals surface area contributed by atoms with Gasteiger partial charge in [0, 0.05) is 6.54 Å². The van der Waals surface area contributed by atoms with Gasteiger partial charge < -0.3 is 5.32 Å². The van der Waals surface area contributed by atoms with Crippen LogP contribution in [0.3, 0.4) is 0 Å². The molecule has 1 aromatic carbocycles. The van der Waals surface area contributed by atoms with E-state index >= 15 is 0 Å². The highest BCUT2D eigenvalue weighted by Gasteiger charge is 2.21. The van der Waals surface area contributed by atoms with Crippen molar-refractivity contribution in [3.63, 3.8) is 0 Å². The lowest BCUT2D eigenvalue weighted by atomic mass is 9.81. The molecule has 0 fully saturated rings. The number of aryl methyl sites for hydroxylation is 1. The van der Waals surface area contributed by atoms with Crippen molar-refractivity contribution in [2.45, 2.75) is 52.9 Å². The first-order chi connectivity index (χ1) is 8.74. The van der Waals surface area contributed by atoms with Crippen LogP contribution in [-0.2, 0) is 0 Å². The molecular weight excluding hydrogens is 218 g/mol. The van der Waals surface area contributed by atoms with Crippen molar-refractivity contribution in [2.24, 2.45) is 5.92 Å². The van der Waals surface area contributed by atoms with Gasteiger partial charge in [0.25, 0.3) is 0 Å². The maximum atomic E-state index is 3.61.